The lowest BCUT2D eigenvalue weighted by Crippen LogP contribution is -2.45. The summed E-state index contributed by atoms with van der Waals surface area (Å²) in [5.41, 5.74) is 0. The zero-order valence-electron chi connectivity index (χ0n) is 47.3. The van der Waals surface area contributed by atoms with Crippen LogP contribution in [-0.2, 0) is 14.3 Å². The molecule has 2 atom stereocenters. The van der Waals surface area contributed by atoms with Crippen LogP contribution in [0.4, 0.5) is 0 Å². The summed E-state index contributed by atoms with van der Waals surface area (Å²) < 4.78 is 5.49. The molecule has 0 heterocycles. The second-order valence-electron chi connectivity index (χ2n) is 21.7. The van der Waals surface area contributed by atoms with E-state index in [-0.39, 0.29) is 18.5 Å². The fourth-order valence-electron chi connectivity index (χ4n) is 9.91. The van der Waals surface area contributed by atoms with Crippen molar-refractivity contribution < 1.29 is 24.5 Å². The topological polar surface area (TPSA) is 95.9 Å². The minimum Gasteiger partial charge on any atom is -0.466 e. The van der Waals surface area contributed by atoms with E-state index in [9.17, 15) is 19.8 Å². The molecule has 0 aromatic rings. The zero-order valence-corrected chi connectivity index (χ0v) is 47.3. The van der Waals surface area contributed by atoms with Crippen LogP contribution in [0.2, 0.25) is 0 Å². The highest BCUT2D eigenvalue weighted by atomic mass is 16.5. The summed E-state index contributed by atoms with van der Waals surface area (Å²) in [7, 11) is 0. The third kappa shape index (κ3) is 55.7. The van der Waals surface area contributed by atoms with Crippen molar-refractivity contribution in [3.63, 3.8) is 0 Å². The van der Waals surface area contributed by atoms with Crippen LogP contribution in [0.15, 0.2) is 24.3 Å². The highest BCUT2D eigenvalue weighted by Crippen LogP contribution is 2.18. The maximum absolute atomic E-state index is 12.4. The first-order valence-electron chi connectivity index (χ1n) is 31.6. The standard InChI is InChI=1S/C64H123NO5/c1-3-5-7-9-11-13-15-16-17-27-31-34-38-42-46-50-54-58-64(69)70-59-55-51-47-43-39-35-32-29-26-24-22-20-18-19-21-23-25-28-30-33-37-41-45-49-53-57-63(68)65-61(60-66)62(67)56-52-48-44-40-36-14-12-10-8-6-4-2/h19-22,61-62,66-67H,3-18,23-60H2,1-2H3,(H,65,68)/b21-19-,22-20-. The third-order valence-electron chi connectivity index (χ3n) is 14.8. The SMILES string of the molecule is CCCCCCCCCCCCCCCCCCCC(=O)OCCCCCCCCCCC/C=C\C/C=C\CCCCCCCCCCCC(=O)NC(CO)C(O)CCCCCCCCCCCCC. The molecule has 414 valence electrons. The summed E-state index contributed by atoms with van der Waals surface area (Å²) in [6.45, 7) is 4.96. The van der Waals surface area contributed by atoms with Crippen LogP contribution in [-0.4, -0.2) is 47.4 Å². The van der Waals surface area contributed by atoms with Crippen molar-refractivity contribution in [1.82, 2.24) is 5.32 Å². The number of ether oxygens (including phenoxy) is 1. The molecule has 2 unspecified atom stereocenters. The Kier molecular flexibility index (Phi) is 58.5. The van der Waals surface area contributed by atoms with E-state index >= 15 is 0 Å². The Balaban J connectivity index is 3.39. The molecule has 0 aliphatic carbocycles. The zero-order chi connectivity index (χ0) is 50.7. The monoisotopic (exact) mass is 986 g/mol. The molecule has 0 aromatic heterocycles. The van der Waals surface area contributed by atoms with E-state index in [1.54, 1.807) is 0 Å². The molecular weight excluding hydrogens is 863 g/mol. The van der Waals surface area contributed by atoms with Crippen LogP contribution in [0.5, 0.6) is 0 Å². The van der Waals surface area contributed by atoms with Gasteiger partial charge in [0.1, 0.15) is 0 Å². The molecule has 1 amide bonds. The summed E-state index contributed by atoms with van der Waals surface area (Å²) in [5.74, 6) is -0.0279. The van der Waals surface area contributed by atoms with Gasteiger partial charge in [-0.3, -0.25) is 9.59 Å². The van der Waals surface area contributed by atoms with Gasteiger partial charge in [0.25, 0.3) is 0 Å². The van der Waals surface area contributed by atoms with Crippen molar-refractivity contribution >= 4 is 11.9 Å². The summed E-state index contributed by atoms with van der Waals surface area (Å²) in [5, 5.41) is 23.2. The van der Waals surface area contributed by atoms with E-state index in [4.69, 9.17) is 4.74 Å². The van der Waals surface area contributed by atoms with E-state index in [2.05, 4.69) is 43.5 Å². The van der Waals surface area contributed by atoms with E-state index in [0.29, 0.717) is 25.9 Å². The number of allylic oxidation sites excluding steroid dienone is 4. The van der Waals surface area contributed by atoms with Gasteiger partial charge < -0.3 is 20.3 Å². The Hall–Kier alpha value is -1.66. The lowest BCUT2D eigenvalue weighted by atomic mass is 10.0. The molecule has 0 aliphatic heterocycles. The fraction of sp³-hybridized carbons (Fsp3) is 0.906. The molecule has 6 heteroatoms. The first kappa shape index (κ1) is 68.3. The van der Waals surface area contributed by atoms with Crippen molar-refractivity contribution in [2.24, 2.45) is 0 Å². The number of aliphatic hydroxyl groups is 2. The Bertz CT molecular complexity index is 1090. The molecule has 0 saturated carbocycles. The number of esters is 1. The van der Waals surface area contributed by atoms with Gasteiger partial charge in [-0.1, -0.05) is 301 Å². The average molecular weight is 987 g/mol. The largest absolute Gasteiger partial charge is 0.466 e. The predicted octanol–water partition coefficient (Wildman–Crippen LogP) is 19.8. The van der Waals surface area contributed by atoms with Crippen LogP contribution in [0.1, 0.15) is 348 Å². The van der Waals surface area contributed by atoms with Crippen molar-refractivity contribution in [2.75, 3.05) is 13.2 Å². The molecule has 0 aliphatic rings. The molecule has 0 aromatic carbocycles. The Morgan fingerprint density at radius 2 is 0.714 bits per heavy atom. The minimum atomic E-state index is -0.666. The van der Waals surface area contributed by atoms with Crippen molar-refractivity contribution in [1.29, 1.82) is 0 Å². The van der Waals surface area contributed by atoms with Gasteiger partial charge in [0.2, 0.25) is 5.91 Å². The number of hydrogen-bond acceptors (Lipinski definition) is 5. The molecule has 0 fully saturated rings. The van der Waals surface area contributed by atoms with E-state index < -0.39 is 12.1 Å². The van der Waals surface area contributed by atoms with Gasteiger partial charge in [0, 0.05) is 12.8 Å². The highest BCUT2D eigenvalue weighted by molar-refractivity contribution is 5.76. The Labute approximate surface area is 437 Å². The molecule has 0 bridgehead atoms. The van der Waals surface area contributed by atoms with Crippen molar-refractivity contribution in [3.05, 3.63) is 24.3 Å². The number of amides is 1. The molecular formula is C64H123NO5. The van der Waals surface area contributed by atoms with Crippen LogP contribution in [0, 0.1) is 0 Å². The third-order valence-corrected chi connectivity index (χ3v) is 14.8. The molecule has 70 heavy (non-hydrogen) atoms. The van der Waals surface area contributed by atoms with E-state index in [1.807, 2.05) is 0 Å². The first-order chi connectivity index (χ1) is 34.5. The van der Waals surface area contributed by atoms with Gasteiger partial charge >= 0.3 is 5.97 Å². The predicted molar refractivity (Wildman–Crippen MR) is 306 cm³/mol. The van der Waals surface area contributed by atoms with Crippen LogP contribution in [0.25, 0.3) is 0 Å². The summed E-state index contributed by atoms with van der Waals surface area (Å²) in [6.07, 6.45) is 73.4. The minimum absolute atomic E-state index is 0.0133. The van der Waals surface area contributed by atoms with Gasteiger partial charge in [-0.15, -0.1) is 0 Å². The number of aliphatic hydroxyl groups excluding tert-OH is 2. The Morgan fingerprint density at radius 1 is 0.400 bits per heavy atom. The molecule has 6 nitrogen and oxygen atoms in total. The normalized spacial score (nSPS) is 12.7. The number of carbonyl (C=O) groups excluding carboxylic acids is 2. The number of rotatable bonds is 59. The second kappa shape index (κ2) is 59.9. The number of carbonyl (C=O) groups is 2. The summed E-state index contributed by atoms with van der Waals surface area (Å²) in [6, 6.07) is -0.544. The van der Waals surface area contributed by atoms with E-state index in [1.165, 1.54) is 270 Å². The van der Waals surface area contributed by atoms with Gasteiger partial charge in [-0.05, 0) is 57.8 Å². The van der Waals surface area contributed by atoms with Gasteiger partial charge in [0.05, 0.1) is 25.4 Å². The molecule has 0 rings (SSSR count). The average Bonchev–Trinajstić information content (AvgIpc) is 3.36. The fourth-order valence-corrected chi connectivity index (χ4v) is 9.91. The lowest BCUT2D eigenvalue weighted by molar-refractivity contribution is -0.143. The quantitative estimate of drug-likeness (QED) is 0.0321. The first-order valence-corrected chi connectivity index (χ1v) is 31.6. The highest BCUT2D eigenvalue weighted by Gasteiger charge is 2.20. The van der Waals surface area contributed by atoms with Crippen molar-refractivity contribution in [3.8, 4) is 0 Å². The van der Waals surface area contributed by atoms with Gasteiger partial charge in [-0.2, -0.15) is 0 Å². The number of nitrogens with one attached hydrogen (secondary N) is 1. The van der Waals surface area contributed by atoms with Crippen LogP contribution in [0.3, 0.4) is 0 Å². The summed E-state index contributed by atoms with van der Waals surface area (Å²) in [4.78, 5) is 24.5. The van der Waals surface area contributed by atoms with Gasteiger partial charge in [0.15, 0.2) is 0 Å². The number of unbranched alkanes of at least 4 members (excludes halogenated alkanes) is 44. The van der Waals surface area contributed by atoms with E-state index in [0.717, 1.165) is 44.9 Å². The molecule has 3 N–H and O–H groups in total. The van der Waals surface area contributed by atoms with Gasteiger partial charge in [-0.25, -0.2) is 0 Å². The smallest absolute Gasteiger partial charge is 0.305 e. The number of hydrogen-bond donors (Lipinski definition) is 3. The van der Waals surface area contributed by atoms with Crippen LogP contribution >= 0.6 is 0 Å². The maximum atomic E-state index is 12.4. The van der Waals surface area contributed by atoms with Crippen LogP contribution < -0.4 is 5.32 Å². The Morgan fingerprint density at radius 3 is 1.09 bits per heavy atom. The maximum Gasteiger partial charge on any atom is 0.305 e. The molecule has 0 radical (unpaired) electrons. The molecule has 0 spiro atoms. The van der Waals surface area contributed by atoms with Crippen molar-refractivity contribution in [2.45, 2.75) is 360 Å². The second-order valence-corrected chi connectivity index (χ2v) is 21.7. The molecule has 0 saturated heterocycles. The lowest BCUT2D eigenvalue weighted by Gasteiger charge is -2.22. The summed E-state index contributed by atoms with van der Waals surface area (Å²) >= 11 is 0.